The summed E-state index contributed by atoms with van der Waals surface area (Å²) in [6.45, 7) is 10.8. The normalized spacial score (nSPS) is 10.4. The van der Waals surface area contributed by atoms with E-state index >= 15 is 0 Å². The Morgan fingerprint density at radius 2 is 1.10 bits per heavy atom. The number of hydrogen-bond donors (Lipinski definition) is 0. The van der Waals surface area contributed by atoms with Gasteiger partial charge in [-0.2, -0.15) is 0 Å². The van der Waals surface area contributed by atoms with E-state index in [1.165, 1.54) is 0 Å². The molecule has 0 fully saturated rings. The molecule has 0 aliphatic rings. The Kier molecular flexibility index (Phi) is 7.71. The van der Waals surface area contributed by atoms with Crippen molar-refractivity contribution in [3.8, 4) is 44.8 Å². The van der Waals surface area contributed by atoms with Gasteiger partial charge in [0.1, 0.15) is 22.9 Å². The number of aryl methyl sites for hydroxylation is 2. The zero-order valence-corrected chi connectivity index (χ0v) is 22.8. The summed E-state index contributed by atoms with van der Waals surface area (Å²) in [6.07, 6.45) is 7.02. The zero-order chi connectivity index (χ0) is 27.2. The minimum atomic E-state index is 0.616. The molecule has 0 radical (unpaired) electrons. The molecule has 7 nitrogen and oxygen atoms in total. The smallest absolute Gasteiger partial charge is 0.187 e. The lowest BCUT2D eigenvalue weighted by atomic mass is 10.0. The summed E-state index contributed by atoms with van der Waals surface area (Å²) in [6, 6.07) is 23.2. The number of hydrogen-bond acceptors (Lipinski definition) is 6. The van der Waals surface area contributed by atoms with E-state index in [9.17, 15) is 0 Å². The highest BCUT2D eigenvalue weighted by molar-refractivity contribution is 9.10. The Labute approximate surface area is 234 Å². The first-order chi connectivity index (χ1) is 19.0. The molecule has 6 rings (SSSR count). The molecule has 0 aliphatic heterocycles. The van der Waals surface area contributed by atoms with Crippen molar-refractivity contribution in [3.05, 3.63) is 125 Å². The lowest BCUT2D eigenvalue weighted by Gasteiger charge is -2.03. The molecule has 0 saturated carbocycles. The van der Waals surface area contributed by atoms with E-state index in [4.69, 9.17) is 15.6 Å². The third-order valence-electron chi connectivity index (χ3n) is 6.01. The monoisotopic (exact) mass is 575 g/mol. The van der Waals surface area contributed by atoms with Gasteiger partial charge in [-0.3, -0.25) is 9.97 Å². The van der Waals surface area contributed by atoms with Crippen LogP contribution in [0.25, 0.3) is 49.6 Å². The number of benzene rings is 2. The molecule has 0 unspecified atom stereocenters. The highest BCUT2D eigenvalue weighted by Crippen LogP contribution is 2.35. The predicted octanol–water partition coefficient (Wildman–Crippen LogP) is 8.74. The maximum atomic E-state index is 6.99. The van der Waals surface area contributed by atoms with E-state index in [0.29, 0.717) is 5.69 Å². The van der Waals surface area contributed by atoms with Crippen molar-refractivity contribution >= 4 is 21.6 Å². The first-order valence-corrected chi connectivity index (χ1v) is 12.8. The molecule has 39 heavy (non-hydrogen) atoms. The number of halogens is 1. The van der Waals surface area contributed by atoms with Crippen molar-refractivity contribution in [1.29, 1.82) is 0 Å². The van der Waals surface area contributed by atoms with Gasteiger partial charge in [-0.15, -0.1) is 0 Å². The Morgan fingerprint density at radius 3 is 1.51 bits per heavy atom. The molecular weight excluding hydrogens is 554 g/mol. The van der Waals surface area contributed by atoms with Crippen LogP contribution in [-0.4, -0.2) is 20.3 Å². The van der Waals surface area contributed by atoms with Crippen LogP contribution in [0.15, 0.2) is 111 Å². The highest BCUT2D eigenvalue weighted by atomic mass is 79.9. The van der Waals surface area contributed by atoms with Crippen LogP contribution in [-0.2, 0) is 0 Å². The van der Waals surface area contributed by atoms with Crippen LogP contribution >= 0.6 is 15.9 Å². The topological polar surface area (TPSA) is 82.2 Å². The second kappa shape index (κ2) is 11.7. The van der Waals surface area contributed by atoms with Crippen molar-refractivity contribution in [3.63, 3.8) is 0 Å². The number of nitrogens with zero attached hydrogens (tertiary/aromatic N) is 5. The van der Waals surface area contributed by atoms with Crippen molar-refractivity contribution in [2.75, 3.05) is 0 Å². The van der Waals surface area contributed by atoms with Gasteiger partial charge < -0.3 is 9.05 Å². The van der Waals surface area contributed by atoms with Crippen LogP contribution in [0.3, 0.4) is 0 Å². The van der Waals surface area contributed by atoms with Gasteiger partial charge in [0, 0.05) is 40.4 Å². The summed E-state index contributed by atoms with van der Waals surface area (Å²) in [5.41, 5.74) is 8.10. The molecule has 0 atom stereocenters. The van der Waals surface area contributed by atoms with E-state index in [2.05, 4.69) is 41.1 Å². The average molecular weight is 576 g/mol. The second-order valence-electron chi connectivity index (χ2n) is 8.57. The van der Waals surface area contributed by atoms with Crippen LogP contribution < -0.4 is 0 Å². The first kappa shape index (κ1) is 25.8. The third kappa shape index (κ3) is 5.69. The molecule has 6 aromatic rings. The maximum Gasteiger partial charge on any atom is 0.187 e. The molecule has 0 amide bonds. The fourth-order valence-corrected chi connectivity index (χ4v) is 4.41. The Bertz CT molecular complexity index is 1720. The highest BCUT2D eigenvalue weighted by Gasteiger charge is 2.17. The molecule has 0 N–H and O–H groups in total. The van der Waals surface area contributed by atoms with Crippen molar-refractivity contribution in [1.82, 2.24) is 20.3 Å². The lowest BCUT2D eigenvalue weighted by Crippen LogP contribution is -1.84. The third-order valence-corrected chi connectivity index (χ3v) is 6.54. The summed E-state index contributed by atoms with van der Waals surface area (Å²) in [5.74, 6) is 1.56. The fraction of sp³-hybridized carbons (Fsp3) is 0.0645. The molecule has 4 aromatic heterocycles. The largest absolute Gasteiger partial charge is 0.360 e. The fourth-order valence-electron chi connectivity index (χ4n) is 4.14. The van der Waals surface area contributed by atoms with Crippen LogP contribution in [0.5, 0.6) is 0 Å². The molecule has 4 heterocycles. The minimum absolute atomic E-state index is 0.616. The van der Waals surface area contributed by atoms with Gasteiger partial charge in [0.25, 0.3) is 0 Å². The SMILES string of the molecule is Cc1onc(-c2cccnc2)c1-c1ccc(Br)cc1.[C-]#[N+]c1ccc(-c2c(-c3cccnc3)noc2C)cc1. The van der Waals surface area contributed by atoms with Gasteiger partial charge >= 0.3 is 0 Å². The van der Waals surface area contributed by atoms with Gasteiger partial charge in [0.05, 0.1) is 17.7 Å². The molecule has 2 aromatic carbocycles. The van der Waals surface area contributed by atoms with Gasteiger partial charge in [-0.1, -0.05) is 62.6 Å². The summed E-state index contributed by atoms with van der Waals surface area (Å²) in [7, 11) is 0. The van der Waals surface area contributed by atoms with Gasteiger partial charge in [0.2, 0.25) is 0 Å². The van der Waals surface area contributed by atoms with E-state index < -0.39 is 0 Å². The average Bonchev–Trinajstić information content (AvgIpc) is 3.57. The Morgan fingerprint density at radius 1 is 0.641 bits per heavy atom. The van der Waals surface area contributed by atoms with Crippen LogP contribution in [0.2, 0.25) is 0 Å². The first-order valence-electron chi connectivity index (χ1n) is 12.0. The number of rotatable bonds is 4. The molecule has 0 saturated heterocycles. The number of pyridine rings is 2. The van der Waals surface area contributed by atoms with Gasteiger partial charge in [0.15, 0.2) is 5.69 Å². The zero-order valence-electron chi connectivity index (χ0n) is 21.2. The van der Waals surface area contributed by atoms with Crippen molar-refractivity contribution in [2.24, 2.45) is 0 Å². The summed E-state index contributed by atoms with van der Waals surface area (Å²) in [4.78, 5) is 11.6. The molecular formula is C31H22BrN5O2. The Hall–Kier alpha value is -4.87. The summed E-state index contributed by atoms with van der Waals surface area (Å²) in [5, 5.41) is 8.29. The quantitative estimate of drug-likeness (QED) is 0.195. The van der Waals surface area contributed by atoms with Gasteiger partial charge in [-0.25, -0.2) is 4.85 Å². The van der Waals surface area contributed by atoms with E-state index in [0.717, 1.165) is 60.8 Å². The summed E-state index contributed by atoms with van der Waals surface area (Å²) >= 11 is 3.44. The standard InChI is InChI=1S/C16H11N3O.C15H11BrN2O/c1-11-15(12-5-7-14(17-2)8-6-12)16(19-20-11)13-4-3-9-18-10-13;1-10-14(11-4-6-13(16)7-5-11)15(18-19-10)12-3-2-8-17-9-12/h3-10H,1H3;2-9H,1H3. The Balaban J connectivity index is 0.000000158. The minimum Gasteiger partial charge on any atom is -0.360 e. The van der Waals surface area contributed by atoms with Gasteiger partial charge in [-0.05, 0) is 61.4 Å². The van der Waals surface area contributed by atoms with Crippen molar-refractivity contribution < 1.29 is 9.05 Å². The van der Waals surface area contributed by atoms with Crippen molar-refractivity contribution in [2.45, 2.75) is 13.8 Å². The van der Waals surface area contributed by atoms with Crippen LogP contribution in [0.4, 0.5) is 5.69 Å². The van der Waals surface area contributed by atoms with E-state index in [-0.39, 0.29) is 0 Å². The molecule has 0 bridgehead atoms. The molecule has 0 spiro atoms. The van der Waals surface area contributed by atoms with E-state index in [1.54, 1.807) is 36.9 Å². The molecule has 190 valence electrons. The van der Waals surface area contributed by atoms with Crippen LogP contribution in [0.1, 0.15) is 11.5 Å². The lowest BCUT2D eigenvalue weighted by molar-refractivity contribution is 0.400. The maximum absolute atomic E-state index is 6.99. The summed E-state index contributed by atoms with van der Waals surface area (Å²) < 4.78 is 11.7. The molecule has 8 heteroatoms. The molecule has 0 aliphatic carbocycles. The predicted molar refractivity (Wildman–Crippen MR) is 154 cm³/mol. The van der Waals surface area contributed by atoms with Crippen LogP contribution in [0, 0.1) is 20.4 Å². The second-order valence-corrected chi connectivity index (χ2v) is 9.49. The number of aromatic nitrogens is 4. The van der Waals surface area contributed by atoms with E-state index in [1.807, 2.05) is 74.5 Å².